The summed E-state index contributed by atoms with van der Waals surface area (Å²) in [6.45, 7) is 16.5. The van der Waals surface area contributed by atoms with Crippen LogP contribution in [-0.4, -0.2) is 56.0 Å². The van der Waals surface area contributed by atoms with E-state index in [4.69, 9.17) is 18.9 Å². The Morgan fingerprint density at radius 1 is 0.537 bits per heavy atom. The summed E-state index contributed by atoms with van der Waals surface area (Å²) in [7, 11) is 0. The Hall–Kier alpha value is -1.58. The number of nitroso groups, excluding NO2 is 1. The maximum atomic E-state index is 12.9. The highest BCUT2D eigenvalue weighted by molar-refractivity contribution is 5.69. The summed E-state index contributed by atoms with van der Waals surface area (Å²) in [4.78, 5) is 37.1. The number of ether oxygens (including phenoxy) is 4. The predicted octanol–water partition coefficient (Wildman–Crippen LogP) is 13.5. The van der Waals surface area contributed by atoms with Crippen LogP contribution in [0, 0.1) is 109 Å². The van der Waals surface area contributed by atoms with Gasteiger partial charge in [-0.1, -0.05) is 46.7 Å². The maximum Gasteiger partial charge on any atom is 0.307 e. The number of aliphatic hydroxyl groups excluding tert-OH is 1. The van der Waals surface area contributed by atoms with Gasteiger partial charge in [-0.15, -0.1) is 0 Å². The molecular formula is C58H95NO8. The van der Waals surface area contributed by atoms with Crippen molar-refractivity contribution in [3.63, 3.8) is 0 Å². The van der Waals surface area contributed by atoms with Crippen LogP contribution < -0.4 is 0 Å². The molecule has 0 aromatic heterocycles. The second kappa shape index (κ2) is 20.9. The maximum absolute atomic E-state index is 12.9. The number of rotatable bonds is 17. The van der Waals surface area contributed by atoms with Crippen molar-refractivity contribution in [2.24, 2.45) is 110 Å². The number of carbonyl (C=O) groups is 2. The van der Waals surface area contributed by atoms with E-state index in [0.717, 1.165) is 99.7 Å². The Bertz CT molecular complexity index is 1700. The largest absolute Gasteiger partial charge is 0.438 e. The first-order valence-electron chi connectivity index (χ1n) is 28.6. The molecule has 0 amide bonds. The molecule has 0 saturated heterocycles. The number of aliphatic hydroxyl groups is 1. The number of esters is 2. The first-order valence-corrected chi connectivity index (χ1v) is 28.6. The molecule has 0 aromatic carbocycles. The van der Waals surface area contributed by atoms with Crippen molar-refractivity contribution in [2.45, 2.75) is 221 Å². The Balaban J connectivity index is 0.603. The van der Waals surface area contributed by atoms with Gasteiger partial charge in [0.05, 0.1) is 25.4 Å². The molecule has 9 heteroatoms. The average molecular weight is 934 g/mol. The van der Waals surface area contributed by atoms with Crippen molar-refractivity contribution in [3.05, 3.63) is 4.91 Å². The highest BCUT2D eigenvalue weighted by Gasteiger charge is 2.62. The molecule has 0 spiro atoms. The van der Waals surface area contributed by atoms with Crippen LogP contribution in [-0.2, 0) is 28.5 Å². The number of hydrogen-bond acceptors (Lipinski definition) is 9. The molecule has 0 heterocycles. The Morgan fingerprint density at radius 2 is 0.970 bits per heavy atom. The van der Waals surface area contributed by atoms with Crippen molar-refractivity contribution in [3.8, 4) is 0 Å². The van der Waals surface area contributed by atoms with Crippen LogP contribution in [0.2, 0.25) is 0 Å². The fraction of sp³-hybridized carbons (Fsp3) is 0.966. The van der Waals surface area contributed by atoms with Gasteiger partial charge in [0, 0.05) is 12.8 Å². The molecule has 0 aliphatic heterocycles. The van der Waals surface area contributed by atoms with Crippen LogP contribution in [0.4, 0.5) is 0 Å². The van der Waals surface area contributed by atoms with Gasteiger partial charge in [-0.2, -0.15) is 4.91 Å². The first kappa shape index (κ1) is 50.4. The van der Waals surface area contributed by atoms with E-state index in [1.54, 1.807) is 0 Å². The lowest BCUT2D eigenvalue weighted by molar-refractivity contribution is -0.160. The zero-order valence-electron chi connectivity index (χ0n) is 43.2. The third kappa shape index (κ3) is 10.0. The van der Waals surface area contributed by atoms with E-state index in [9.17, 15) is 19.6 Å². The van der Waals surface area contributed by atoms with E-state index in [2.05, 4.69) is 46.7 Å². The minimum atomic E-state index is -0.133. The predicted molar refractivity (Wildman–Crippen MR) is 262 cm³/mol. The average Bonchev–Trinajstić information content (AvgIpc) is 3.87. The Kier molecular flexibility index (Phi) is 15.7. The lowest BCUT2D eigenvalue weighted by atomic mass is 9.44. The zero-order chi connectivity index (χ0) is 47.1. The molecule has 9 saturated carbocycles. The molecule has 9 fully saturated rings. The summed E-state index contributed by atoms with van der Waals surface area (Å²) in [5, 5.41) is 13.9. The van der Waals surface area contributed by atoms with E-state index in [1.807, 2.05) is 0 Å². The standard InChI is InChI=1S/C58H95NO8/c1-37(47-17-19-49-45-15-13-41-31-43(59-63)23-27-55(41,3)51(45)25-29-57(47,49)5)7-21-53(61)66-35-64-33-39-9-11-40(12-10-39)34-65-36-67-54(62)22-8-38(2)48-18-20-50-46-16-14-42-32-44(60)24-28-56(42,4)52(46)26-30-58(48,50)6/h37-52,60H,7-36H2,1-6H3. The van der Waals surface area contributed by atoms with Gasteiger partial charge in [0.25, 0.3) is 0 Å². The van der Waals surface area contributed by atoms with E-state index < -0.39 is 0 Å². The third-order valence-corrected chi connectivity index (χ3v) is 23.8. The molecule has 18 unspecified atom stereocenters. The van der Waals surface area contributed by atoms with Gasteiger partial charge in [-0.05, 0) is 259 Å². The minimum absolute atomic E-state index is 0.0425. The minimum Gasteiger partial charge on any atom is -0.438 e. The zero-order valence-corrected chi connectivity index (χ0v) is 43.2. The molecule has 1 N–H and O–H groups in total. The molecule has 0 radical (unpaired) electrons. The summed E-state index contributed by atoms with van der Waals surface area (Å²) in [5.41, 5.74) is 1.56. The molecule has 9 nitrogen and oxygen atoms in total. The Morgan fingerprint density at radius 3 is 1.45 bits per heavy atom. The molecule has 18 atom stereocenters. The molecule has 0 aromatic rings. The molecule has 0 bridgehead atoms. The van der Waals surface area contributed by atoms with E-state index in [-0.39, 0.29) is 37.7 Å². The smallest absolute Gasteiger partial charge is 0.307 e. The summed E-state index contributed by atoms with van der Waals surface area (Å²) in [6, 6.07) is 0.0425. The molecule has 9 aliphatic carbocycles. The van der Waals surface area contributed by atoms with Crippen LogP contribution in [0.5, 0.6) is 0 Å². The molecular weight excluding hydrogens is 839 g/mol. The number of hydrogen-bond donors (Lipinski definition) is 1. The Labute approximate surface area is 406 Å². The monoisotopic (exact) mass is 934 g/mol. The molecule has 9 rings (SSSR count). The second-order valence-corrected chi connectivity index (χ2v) is 26.7. The summed E-state index contributed by atoms with van der Waals surface area (Å²) in [6.07, 6.45) is 29.2. The first-order chi connectivity index (χ1) is 32.2. The van der Waals surface area contributed by atoms with Crippen LogP contribution in [0.25, 0.3) is 0 Å². The van der Waals surface area contributed by atoms with Crippen molar-refractivity contribution >= 4 is 11.9 Å². The van der Waals surface area contributed by atoms with Crippen molar-refractivity contribution in [1.82, 2.24) is 0 Å². The molecule has 380 valence electrons. The highest BCUT2D eigenvalue weighted by Crippen LogP contribution is 2.70. The number of carbonyl (C=O) groups excluding carboxylic acids is 2. The van der Waals surface area contributed by atoms with Crippen LogP contribution in [0.15, 0.2) is 5.18 Å². The van der Waals surface area contributed by atoms with Gasteiger partial charge in [-0.25, -0.2) is 0 Å². The quantitative estimate of drug-likeness (QED) is 0.0662. The van der Waals surface area contributed by atoms with Crippen molar-refractivity contribution in [2.75, 3.05) is 26.8 Å². The summed E-state index contributed by atoms with van der Waals surface area (Å²) in [5.74, 6) is 9.34. The molecule has 9 aliphatic rings. The molecule has 67 heavy (non-hydrogen) atoms. The second-order valence-electron chi connectivity index (χ2n) is 26.7. The van der Waals surface area contributed by atoms with E-state index >= 15 is 0 Å². The van der Waals surface area contributed by atoms with Crippen LogP contribution in [0.3, 0.4) is 0 Å². The van der Waals surface area contributed by atoms with Gasteiger partial charge < -0.3 is 24.1 Å². The lowest BCUT2D eigenvalue weighted by Crippen LogP contribution is -2.54. The van der Waals surface area contributed by atoms with Crippen LogP contribution >= 0.6 is 0 Å². The fourth-order valence-corrected chi connectivity index (χ4v) is 20.0. The van der Waals surface area contributed by atoms with Gasteiger partial charge in [0.1, 0.15) is 0 Å². The van der Waals surface area contributed by atoms with Crippen molar-refractivity contribution in [1.29, 1.82) is 0 Å². The van der Waals surface area contributed by atoms with Gasteiger partial charge in [0.2, 0.25) is 0 Å². The number of nitrogens with zero attached hydrogens (tertiary/aromatic N) is 1. The summed E-state index contributed by atoms with van der Waals surface area (Å²) < 4.78 is 23.0. The van der Waals surface area contributed by atoms with E-state index in [0.29, 0.717) is 95.1 Å². The summed E-state index contributed by atoms with van der Waals surface area (Å²) >= 11 is 0. The highest BCUT2D eigenvalue weighted by atomic mass is 16.7. The number of fused-ring (bicyclic) bond motifs is 10. The van der Waals surface area contributed by atoms with E-state index in [1.165, 1.54) is 89.9 Å². The topological polar surface area (TPSA) is 121 Å². The lowest BCUT2D eigenvalue weighted by Gasteiger charge is -2.61. The van der Waals surface area contributed by atoms with Gasteiger partial charge in [-0.3, -0.25) is 9.59 Å². The SMILES string of the molecule is CC(CCC(=O)OCOCC1CCC(COCOC(=O)CCC(C)C2CCC3C4CCC5CC(N=O)CCC5(C)C4CCC23C)CC1)C1CCC2C3CCC4CC(O)CCC4(C)C3CCC12C. The van der Waals surface area contributed by atoms with Crippen LogP contribution in [0.1, 0.15) is 208 Å². The van der Waals surface area contributed by atoms with Gasteiger partial charge >= 0.3 is 11.9 Å². The fourth-order valence-electron chi connectivity index (χ4n) is 20.0. The third-order valence-electron chi connectivity index (χ3n) is 23.8. The normalized spacial score (nSPS) is 46.6. The van der Waals surface area contributed by atoms with Crippen molar-refractivity contribution < 1.29 is 33.6 Å². The van der Waals surface area contributed by atoms with Gasteiger partial charge in [0.15, 0.2) is 13.6 Å².